The predicted molar refractivity (Wildman–Crippen MR) is 73.4 cm³/mol. The van der Waals surface area contributed by atoms with Crippen LogP contribution in [0.2, 0.25) is 0 Å². The Morgan fingerprint density at radius 3 is 3.00 bits per heavy atom. The molecule has 1 N–H and O–H groups in total. The second kappa shape index (κ2) is 6.07. The first kappa shape index (κ1) is 13.2. The molecule has 0 unspecified atom stereocenters. The summed E-state index contributed by atoms with van der Waals surface area (Å²) in [5.41, 5.74) is 2.65. The van der Waals surface area contributed by atoms with Gasteiger partial charge in [-0.3, -0.25) is 4.57 Å². The van der Waals surface area contributed by atoms with E-state index in [0.29, 0.717) is 11.5 Å². The van der Waals surface area contributed by atoms with Crippen molar-refractivity contribution < 1.29 is 4.42 Å². The fraction of sp³-hybridized carbons (Fsp3) is 0.462. The fourth-order valence-corrected chi connectivity index (χ4v) is 2.02. The smallest absolute Gasteiger partial charge is 0.408 e. The molecule has 0 aliphatic rings. The molecule has 0 bridgehead atoms. The Bertz CT molecular complexity index is 574. The van der Waals surface area contributed by atoms with Gasteiger partial charge in [-0.2, -0.15) is 0 Å². The van der Waals surface area contributed by atoms with Crippen LogP contribution in [0.3, 0.4) is 0 Å². The summed E-state index contributed by atoms with van der Waals surface area (Å²) >= 11 is 5.60. The van der Waals surface area contributed by atoms with Crippen molar-refractivity contribution in [3.05, 3.63) is 34.3 Å². The van der Waals surface area contributed by atoms with Gasteiger partial charge in [0.2, 0.25) is 0 Å². The van der Waals surface area contributed by atoms with Gasteiger partial charge in [0.15, 0.2) is 5.58 Å². The van der Waals surface area contributed by atoms with Gasteiger partial charge in [-0.15, -0.1) is 11.6 Å². The third kappa shape index (κ3) is 2.94. The van der Waals surface area contributed by atoms with E-state index in [0.717, 1.165) is 37.0 Å². The average Bonchev–Trinajstić information content (AvgIpc) is 2.65. The van der Waals surface area contributed by atoms with Crippen LogP contribution in [0.15, 0.2) is 27.4 Å². The molecule has 18 heavy (non-hydrogen) atoms. The molecule has 4 nitrogen and oxygen atoms in total. The summed E-state index contributed by atoms with van der Waals surface area (Å²) in [5.74, 6) is 0.371. The Morgan fingerprint density at radius 1 is 1.39 bits per heavy atom. The van der Waals surface area contributed by atoms with Gasteiger partial charge in [0.1, 0.15) is 0 Å². The number of aromatic nitrogens is 1. The largest absolute Gasteiger partial charge is 0.419 e. The van der Waals surface area contributed by atoms with Crippen molar-refractivity contribution >= 4 is 22.7 Å². The van der Waals surface area contributed by atoms with Gasteiger partial charge in [0, 0.05) is 12.9 Å². The normalized spacial score (nSPS) is 11.2. The number of aryl methyl sites for hydroxylation is 1. The van der Waals surface area contributed by atoms with Gasteiger partial charge in [0.05, 0.1) is 5.52 Å². The van der Waals surface area contributed by atoms with Crippen LogP contribution < -0.4 is 11.1 Å². The summed E-state index contributed by atoms with van der Waals surface area (Å²) in [6.07, 6.45) is 1.89. The molecule has 1 aromatic heterocycles. The van der Waals surface area contributed by atoms with Crippen LogP contribution in [-0.4, -0.2) is 23.5 Å². The van der Waals surface area contributed by atoms with E-state index in [-0.39, 0.29) is 5.76 Å². The van der Waals surface area contributed by atoms with Crippen molar-refractivity contribution in [3.63, 3.8) is 0 Å². The third-order valence-corrected chi connectivity index (χ3v) is 3.20. The van der Waals surface area contributed by atoms with E-state index in [1.165, 1.54) is 4.57 Å². The van der Waals surface area contributed by atoms with Gasteiger partial charge in [-0.05, 0) is 43.6 Å². The fourth-order valence-electron chi connectivity index (χ4n) is 1.88. The molecule has 0 amide bonds. The Labute approximate surface area is 111 Å². The summed E-state index contributed by atoms with van der Waals surface area (Å²) in [4.78, 5) is 11.4. The van der Waals surface area contributed by atoms with Crippen molar-refractivity contribution in [2.24, 2.45) is 7.05 Å². The second-order valence-corrected chi connectivity index (χ2v) is 4.65. The molecule has 0 spiro atoms. The van der Waals surface area contributed by atoms with Crippen LogP contribution in [0.4, 0.5) is 0 Å². The molecule has 5 heteroatoms. The number of nitrogens with one attached hydrogen (secondary N) is 1. The topological polar surface area (TPSA) is 47.2 Å². The number of nitrogens with zero attached hydrogens (tertiary/aromatic N) is 1. The molecule has 0 radical (unpaired) electrons. The van der Waals surface area contributed by atoms with Crippen LogP contribution in [0, 0.1) is 0 Å². The Hall–Kier alpha value is -1.26. The second-order valence-electron chi connectivity index (χ2n) is 4.27. The van der Waals surface area contributed by atoms with E-state index in [9.17, 15) is 4.79 Å². The Morgan fingerprint density at radius 2 is 2.22 bits per heavy atom. The van der Waals surface area contributed by atoms with Crippen molar-refractivity contribution in [2.75, 3.05) is 19.0 Å². The van der Waals surface area contributed by atoms with Crippen molar-refractivity contribution in [1.29, 1.82) is 0 Å². The maximum Gasteiger partial charge on any atom is 0.419 e. The zero-order chi connectivity index (χ0) is 13.0. The molecule has 0 aliphatic heterocycles. The van der Waals surface area contributed by atoms with Crippen LogP contribution in [0.5, 0.6) is 0 Å². The minimum absolute atomic E-state index is 0.317. The SMILES string of the molecule is Cn1c(=O)oc2cc(CCNCCCCl)ccc21. The maximum absolute atomic E-state index is 11.4. The minimum Gasteiger partial charge on any atom is -0.408 e. The highest BCUT2D eigenvalue weighted by Crippen LogP contribution is 2.14. The first-order valence-corrected chi connectivity index (χ1v) is 6.61. The molecule has 2 rings (SSSR count). The predicted octanol–water partition coefficient (Wildman–Crippen LogP) is 1.89. The molecule has 1 aromatic carbocycles. The Balaban J connectivity index is 2.00. The van der Waals surface area contributed by atoms with Gasteiger partial charge in [-0.1, -0.05) is 6.07 Å². The van der Waals surface area contributed by atoms with E-state index >= 15 is 0 Å². The monoisotopic (exact) mass is 268 g/mol. The number of rotatable bonds is 6. The Kier molecular flexibility index (Phi) is 4.44. The molecular weight excluding hydrogens is 252 g/mol. The highest BCUT2D eigenvalue weighted by Gasteiger charge is 2.05. The number of oxazole rings is 1. The number of benzene rings is 1. The quantitative estimate of drug-likeness (QED) is 0.643. The van der Waals surface area contributed by atoms with Crippen molar-refractivity contribution in [1.82, 2.24) is 9.88 Å². The summed E-state index contributed by atoms with van der Waals surface area (Å²) in [6.45, 7) is 1.84. The molecule has 0 atom stereocenters. The van der Waals surface area contributed by atoms with E-state index in [2.05, 4.69) is 5.32 Å². The van der Waals surface area contributed by atoms with Crippen molar-refractivity contribution in [2.45, 2.75) is 12.8 Å². The number of fused-ring (bicyclic) bond motifs is 1. The van der Waals surface area contributed by atoms with Crippen LogP contribution in [-0.2, 0) is 13.5 Å². The first-order valence-electron chi connectivity index (χ1n) is 6.07. The molecular formula is C13H17ClN2O2. The van der Waals surface area contributed by atoms with Crippen LogP contribution in [0.1, 0.15) is 12.0 Å². The van der Waals surface area contributed by atoms with Crippen LogP contribution in [0.25, 0.3) is 11.1 Å². The summed E-state index contributed by atoms with van der Waals surface area (Å²) in [5, 5.41) is 3.32. The minimum atomic E-state index is -0.317. The highest BCUT2D eigenvalue weighted by atomic mass is 35.5. The lowest BCUT2D eigenvalue weighted by molar-refractivity contribution is 0.527. The molecule has 1 heterocycles. The molecule has 0 saturated carbocycles. The van der Waals surface area contributed by atoms with Gasteiger partial charge in [-0.25, -0.2) is 4.79 Å². The zero-order valence-electron chi connectivity index (χ0n) is 10.4. The summed E-state index contributed by atoms with van der Waals surface area (Å²) < 4.78 is 6.67. The molecule has 98 valence electrons. The van der Waals surface area contributed by atoms with E-state index in [1.807, 2.05) is 18.2 Å². The van der Waals surface area contributed by atoms with Gasteiger partial charge in [0.25, 0.3) is 0 Å². The number of hydrogen-bond donors (Lipinski definition) is 1. The number of halogens is 1. The lowest BCUT2D eigenvalue weighted by atomic mass is 10.1. The first-order chi connectivity index (χ1) is 8.72. The molecule has 0 saturated heterocycles. The number of alkyl halides is 1. The maximum atomic E-state index is 11.4. The summed E-state index contributed by atoms with van der Waals surface area (Å²) in [6, 6.07) is 5.88. The molecule has 0 aliphatic carbocycles. The van der Waals surface area contributed by atoms with E-state index in [1.54, 1.807) is 7.05 Å². The lowest BCUT2D eigenvalue weighted by Crippen LogP contribution is -2.18. The molecule has 2 aromatic rings. The average molecular weight is 269 g/mol. The van der Waals surface area contributed by atoms with E-state index in [4.69, 9.17) is 16.0 Å². The highest BCUT2D eigenvalue weighted by molar-refractivity contribution is 6.17. The van der Waals surface area contributed by atoms with Gasteiger partial charge >= 0.3 is 5.76 Å². The van der Waals surface area contributed by atoms with Gasteiger partial charge < -0.3 is 9.73 Å². The summed E-state index contributed by atoms with van der Waals surface area (Å²) in [7, 11) is 1.71. The standard InChI is InChI=1S/C13H17ClN2O2/c1-16-11-4-3-10(5-8-15-7-2-6-14)9-12(11)18-13(16)17/h3-4,9,15H,2,5-8H2,1H3. The van der Waals surface area contributed by atoms with Crippen LogP contribution >= 0.6 is 11.6 Å². The lowest BCUT2D eigenvalue weighted by Gasteiger charge is -2.03. The molecule has 0 fully saturated rings. The third-order valence-electron chi connectivity index (χ3n) is 2.93. The number of hydrogen-bond acceptors (Lipinski definition) is 3. The van der Waals surface area contributed by atoms with E-state index < -0.39 is 0 Å². The van der Waals surface area contributed by atoms with Crippen molar-refractivity contribution in [3.8, 4) is 0 Å². The zero-order valence-corrected chi connectivity index (χ0v) is 11.2.